The molecule has 0 bridgehead atoms. The molecule has 4 nitrogen and oxygen atoms in total. The van der Waals surface area contributed by atoms with Gasteiger partial charge in [-0.15, -0.1) is 13.2 Å². The van der Waals surface area contributed by atoms with E-state index in [9.17, 15) is 18.0 Å². The molecule has 1 N–H and O–H groups in total. The van der Waals surface area contributed by atoms with Crippen LogP contribution in [0.25, 0.3) is 11.1 Å². The van der Waals surface area contributed by atoms with Crippen LogP contribution in [-0.2, 0) is 23.2 Å². The highest BCUT2D eigenvalue weighted by Gasteiger charge is 2.31. The molecule has 0 saturated heterocycles. The number of hydrogen-bond acceptors (Lipinski definition) is 3. The van der Waals surface area contributed by atoms with Crippen molar-refractivity contribution in [3.63, 3.8) is 0 Å². The Hall–Kier alpha value is -3.48. The van der Waals surface area contributed by atoms with Crippen LogP contribution >= 0.6 is 0 Å². The molecule has 0 aliphatic carbocycles. The van der Waals surface area contributed by atoms with Gasteiger partial charge in [0.15, 0.2) is 0 Å². The summed E-state index contributed by atoms with van der Waals surface area (Å²) in [6.07, 6.45) is -4.59. The van der Waals surface area contributed by atoms with Crippen LogP contribution in [-0.4, -0.2) is 17.4 Å². The fourth-order valence-electron chi connectivity index (χ4n) is 3.49. The fraction of sp³-hybridized carbons (Fsp3) is 0.296. The van der Waals surface area contributed by atoms with Gasteiger partial charge in [-0.2, -0.15) is 0 Å². The first-order valence-electron chi connectivity index (χ1n) is 10.8. The van der Waals surface area contributed by atoms with Crippen LogP contribution in [0.5, 0.6) is 11.5 Å². The van der Waals surface area contributed by atoms with Gasteiger partial charge in [0.05, 0.1) is 0 Å². The molecule has 180 valence electrons. The molecule has 3 aromatic carbocycles. The summed E-state index contributed by atoms with van der Waals surface area (Å²) in [6, 6.07) is 19.3. The summed E-state index contributed by atoms with van der Waals surface area (Å²) in [5.41, 5.74) is 4.36. The monoisotopic (exact) mass is 472 g/mol. The summed E-state index contributed by atoms with van der Waals surface area (Å²) < 4.78 is 47.3. The van der Waals surface area contributed by atoms with Gasteiger partial charge in [-0.1, -0.05) is 63.2 Å². The van der Waals surface area contributed by atoms with Crippen molar-refractivity contribution in [1.29, 1.82) is 0 Å². The molecule has 0 amide bonds. The van der Waals surface area contributed by atoms with Crippen molar-refractivity contribution in [2.45, 2.75) is 52.0 Å². The lowest BCUT2D eigenvalue weighted by molar-refractivity contribution is -0.274. The highest BCUT2D eigenvalue weighted by molar-refractivity contribution is 5.69. The van der Waals surface area contributed by atoms with Crippen LogP contribution in [0.1, 0.15) is 43.9 Å². The van der Waals surface area contributed by atoms with E-state index in [0.717, 1.165) is 11.1 Å². The summed E-state index contributed by atoms with van der Waals surface area (Å²) in [6.45, 7) is 6.43. The minimum absolute atomic E-state index is 0.00869. The number of rotatable bonds is 8. The number of hydrogen-bond donors (Lipinski definition) is 1. The van der Waals surface area contributed by atoms with Crippen LogP contribution in [0, 0.1) is 0 Å². The van der Waals surface area contributed by atoms with Crippen LogP contribution < -0.4 is 9.47 Å². The Labute approximate surface area is 197 Å². The number of alkyl halides is 3. The lowest BCUT2D eigenvalue weighted by Gasteiger charge is -2.19. The van der Waals surface area contributed by atoms with Crippen LogP contribution in [0.2, 0.25) is 0 Å². The zero-order valence-corrected chi connectivity index (χ0v) is 19.3. The number of aliphatic carboxylic acids is 1. The van der Waals surface area contributed by atoms with Gasteiger partial charge < -0.3 is 14.6 Å². The summed E-state index contributed by atoms with van der Waals surface area (Å²) in [7, 11) is 0. The predicted molar refractivity (Wildman–Crippen MR) is 124 cm³/mol. The number of aryl methyl sites for hydroxylation is 1. The predicted octanol–water partition coefficient (Wildman–Crippen LogP) is 7.15. The summed E-state index contributed by atoms with van der Waals surface area (Å²) in [5, 5.41) is 9.14. The Morgan fingerprint density at radius 1 is 0.912 bits per heavy atom. The molecule has 3 rings (SSSR count). The number of benzene rings is 3. The average molecular weight is 473 g/mol. The molecule has 0 atom stereocenters. The molecule has 0 unspecified atom stereocenters. The Bertz CT molecular complexity index is 1130. The maximum Gasteiger partial charge on any atom is 0.573 e. The summed E-state index contributed by atoms with van der Waals surface area (Å²) in [4.78, 5) is 11.2. The second-order valence-electron chi connectivity index (χ2n) is 9.03. The maximum absolute atomic E-state index is 12.5. The number of carbonyl (C=O) groups is 1. The summed E-state index contributed by atoms with van der Waals surface area (Å²) in [5.74, 6) is -0.768. The van der Waals surface area contributed by atoms with Crippen molar-refractivity contribution >= 4 is 5.97 Å². The van der Waals surface area contributed by atoms with E-state index >= 15 is 0 Å². The normalized spacial score (nSPS) is 11.8. The number of carboxylic acids is 1. The van der Waals surface area contributed by atoms with Crippen LogP contribution in [0.15, 0.2) is 66.7 Å². The lowest BCUT2D eigenvalue weighted by atomic mass is 9.86. The third-order valence-electron chi connectivity index (χ3n) is 5.28. The third kappa shape index (κ3) is 7.27. The molecule has 0 radical (unpaired) electrons. The molecule has 0 fully saturated rings. The lowest BCUT2D eigenvalue weighted by Crippen LogP contribution is -2.17. The van der Waals surface area contributed by atoms with E-state index in [2.05, 4.69) is 37.6 Å². The third-order valence-corrected chi connectivity index (χ3v) is 5.28. The van der Waals surface area contributed by atoms with Crippen LogP contribution in [0.4, 0.5) is 13.2 Å². The van der Waals surface area contributed by atoms with Crippen molar-refractivity contribution in [3.05, 3.63) is 83.4 Å². The smallest absolute Gasteiger partial charge is 0.489 e. The Morgan fingerprint density at radius 2 is 1.59 bits per heavy atom. The second kappa shape index (κ2) is 10.2. The zero-order valence-electron chi connectivity index (χ0n) is 19.3. The standard InChI is InChI=1S/C27H27F3O4/c1-26(2,3)22-11-7-19(8-12-22)20-9-13-24(21(16-20)10-14-25(31)32)33-17-18-5-4-6-23(15-18)34-27(28,29)30/h4-9,11-13,15-16H,10,14,17H2,1-3H3,(H,31,32). The van der Waals surface area contributed by atoms with Crippen molar-refractivity contribution in [2.24, 2.45) is 0 Å². The first-order valence-corrected chi connectivity index (χ1v) is 10.8. The van der Waals surface area contributed by atoms with E-state index in [1.54, 1.807) is 12.1 Å². The molecular formula is C27H27F3O4. The van der Waals surface area contributed by atoms with Crippen molar-refractivity contribution < 1.29 is 32.5 Å². The summed E-state index contributed by atoms with van der Waals surface area (Å²) >= 11 is 0. The van der Waals surface area contributed by atoms with E-state index in [0.29, 0.717) is 16.9 Å². The van der Waals surface area contributed by atoms with Gasteiger partial charge in [0, 0.05) is 6.42 Å². The van der Waals surface area contributed by atoms with Gasteiger partial charge in [0.25, 0.3) is 0 Å². The van der Waals surface area contributed by atoms with E-state index in [1.165, 1.54) is 23.8 Å². The topological polar surface area (TPSA) is 55.8 Å². The molecule has 0 aromatic heterocycles. The van der Waals surface area contributed by atoms with Gasteiger partial charge in [-0.25, -0.2) is 0 Å². The van der Waals surface area contributed by atoms with E-state index < -0.39 is 12.3 Å². The molecule has 0 aliphatic heterocycles. The van der Waals surface area contributed by atoms with Gasteiger partial charge >= 0.3 is 12.3 Å². The van der Waals surface area contributed by atoms with Gasteiger partial charge in [-0.05, 0) is 63.9 Å². The molecule has 0 saturated carbocycles. The fourth-order valence-corrected chi connectivity index (χ4v) is 3.49. The first kappa shape index (κ1) is 25.1. The molecule has 0 heterocycles. The minimum atomic E-state index is -4.77. The highest BCUT2D eigenvalue weighted by atomic mass is 19.4. The van der Waals surface area contributed by atoms with Gasteiger partial charge in [0.1, 0.15) is 18.1 Å². The maximum atomic E-state index is 12.5. The quantitative estimate of drug-likeness (QED) is 0.378. The molecule has 0 spiro atoms. The van der Waals surface area contributed by atoms with E-state index in [1.807, 2.05) is 24.3 Å². The average Bonchev–Trinajstić information content (AvgIpc) is 2.75. The Kier molecular flexibility index (Phi) is 7.54. The first-order chi connectivity index (χ1) is 15.9. The van der Waals surface area contributed by atoms with Crippen molar-refractivity contribution in [1.82, 2.24) is 0 Å². The minimum Gasteiger partial charge on any atom is -0.489 e. The molecule has 34 heavy (non-hydrogen) atoms. The zero-order chi connectivity index (χ0) is 24.9. The van der Waals surface area contributed by atoms with Crippen molar-refractivity contribution in [3.8, 4) is 22.6 Å². The Balaban J connectivity index is 1.82. The van der Waals surface area contributed by atoms with Crippen LogP contribution in [0.3, 0.4) is 0 Å². The van der Waals surface area contributed by atoms with Crippen molar-refractivity contribution in [2.75, 3.05) is 0 Å². The molecule has 0 aliphatic rings. The van der Waals surface area contributed by atoms with E-state index in [-0.39, 0.29) is 30.6 Å². The van der Waals surface area contributed by atoms with Gasteiger partial charge in [-0.3, -0.25) is 4.79 Å². The molecular weight excluding hydrogens is 445 g/mol. The van der Waals surface area contributed by atoms with Gasteiger partial charge in [0.2, 0.25) is 0 Å². The SMILES string of the molecule is CC(C)(C)c1ccc(-c2ccc(OCc3cccc(OC(F)(F)F)c3)c(CCC(=O)O)c2)cc1. The number of ether oxygens (including phenoxy) is 2. The Morgan fingerprint density at radius 3 is 2.21 bits per heavy atom. The molecule has 7 heteroatoms. The number of halogens is 3. The number of carboxylic acid groups (broad SMARTS) is 1. The molecule has 3 aromatic rings. The van der Waals surface area contributed by atoms with E-state index in [4.69, 9.17) is 9.84 Å². The largest absolute Gasteiger partial charge is 0.573 e. The second-order valence-corrected chi connectivity index (χ2v) is 9.03. The highest BCUT2D eigenvalue weighted by Crippen LogP contribution is 2.31.